The van der Waals surface area contributed by atoms with Gasteiger partial charge in [-0.05, 0) is 36.4 Å². The lowest BCUT2D eigenvalue weighted by molar-refractivity contribution is 0.0706. The molecular weight excluding hydrogens is 286 g/mol. The lowest BCUT2D eigenvalue weighted by Gasteiger charge is -2.04. The summed E-state index contributed by atoms with van der Waals surface area (Å²) in [6, 6.07) is 9.72. The maximum absolute atomic E-state index is 11.4. The smallest absolute Gasteiger partial charge is 0.274 e. The number of aromatic hydroxyl groups is 1. The molecule has 0 aliphatic rings. The zero-order valence-electron chi connectivity index (χ0n) is 11.6. The maximum Gasteiger partial charge on any atom is 0.274 e. The molecular formula is C15H13N3O4. The van der Waals surface area contributed by atoms with Gasteiger partial charge in [-0.1, -0.05) is 0 Å². The summed E-state index contributed by atoms with van der Waals surface area (Å²) < 4.78 is 5.07. The normalized spacial score (nSPS) is 10.6. The number of nitrogens with zero attached hydrogens (tertiary/aromatic N) is 1. The number of fused-ring (bicyclic) bond motifs is 1. The van der Waals surface area contributed by atoms with Gasteiger partial charge in [0.1, 0.15) is 5.82 Å². The van der Waals surface area contributed by atoms with Crippen LogP contribution in [0.3, 0.4) is 0 Å². The van der Waals surface area contributed by atoms with Crippen LogP contribution < -0.4 is 10.2 Å². The van der Waals surface area contributed by atoms with E-state index >= 15 is 0 Å². The minimum Gasteiger partial charge on any atom is -0.504 e. The molecule has 7 nitrogen and oxygen atoms in total. The Morgan fingerprint density at radius 2 is 2.09 bits per heavy atom. The van der Waals surface area contributed by atoms with Gasteiger partial charge in [0.15, 0.2) is 11.5 Å². The topological polar surface area (TPSA) is 107 Å². The molecule has 1 aromatic heterocycles. The van der Waals surface area contributed by atoms with Gasteiger partial charge in [0.05, 0.1) is 18.1 Å². The highest BCUT2D eigenvalue weighted by Gasteiger charge is 2.11. The molecule has 0 radical (unpaired) electrons. The summed E-state index contributed by atoms with van der Waals surface area (Å²) in [6.07, 6.45) is 0. The summed E-state index contributed by atoms with van der Waals surface area (Å²) in [7, 11) is 1.47. The number of carbonyl (C=O) groups excluding carboxylic acids is 1. The third kappa shape index (κ3) is 2.33. The number of aromatic amines is 1. The van der Waals surface area contributed by atoms with Crippen molar-refractivity contribution in [2.45, 2.75) is 0 Å². The van der Waals surface area contributed by atoms with E-state index in [-0.39, 0.29) is 5.75 Å². The Bertz CT molecular complexity index is 857. The number of imidazole rings is 1. The van der Waals surface area contributed by atoms with Crippen molar-refractivity contribution in [3.05, 3.63) is 42.0 Å². The largest absolute Gasteiger partial charge is 0.504 e. The summed E-state index contributed by atoms with van der Waals surface area (Å²) in [5, 5.41) is 18.3. The van der Waals surface area contributed by atoms with Crippen molar-refractivity contribution in [2.75, 3.05) is 7.11 Å². The summed E-state index contributed by atoms with van der Waals surface area (Å²) in [4.78, 5) is 18.9. The molecule has 0 aliphatic heterocycles. The van der Waals surface area contributed by atoms with Crippen LogP contribution in [0.1, 0.15) is 10.4 Å². The molecule has 22 heavy (non-hydrogen) atoms. The summed E-state index contributed by atoms with van der Waals surface area (Å²) >= 11 is 0. The van der Waals surface area contributed by atoms with Crippen molar-refractivity contribution >= 4 is 16.9 Å². The SMILES string of the molecule is COc1cc(-c2nc3ccc(C(=O)NO)cc3[nH]2)ccc1O. The second-order valence-corrected chi connectivity index (χ2v) is 4.64. The average Bonchev–Trinajstić information content (AvgIpc) is 2.97. The van der Waals surface area contributed by atoms with Crippen LogP contribution in [0.4, 0.5) is 0 Å². The number of carbonyl (C=O) groups is 1. The van der Waals surface area contributed by atoms with Gasteiger partial charge < -0.3 is 14.8 Å². The molecule has 0 atom stereocenters. The molecule has 0 saturated heterocycles. The Balaban J connectivity index is 2.06. The number of nitrogens with one attached hydrogen (secondary N) is 2. The van der Waals surface area contributed by atoms with E-state index in [0.717, 1.165) is 5.56 Å². The van der Waals surface area contributed by atoms with Gasteiger partial charge in [-0.3, -0.25) is 10.0 Å². The third-order valence-corrected chi connectivity index (χ3v) is 3.30. The van der Waals surface area contributed by atoms with Crippen LogP contribution in [0.15, 0.2) is 36.4 Å². The highest BCUT2D eigenvalue weighted by Crippen LogP contribution is 2.31. The number of phenolic OH excluding ortho intramolecular Hbond substituents is 1. The van der Waals surface area contributed by atoms with Crippen LogP contribution in [0.2, 0.25) is 0 Å². The van der Waals surface area contributed by atoms with Gasteiger partial charge in [-0.15, -0.1) is 0 Å². The monoisotopic (exact) mass is 299 g/mol. The number of benzene rings is 2. The van der Waals surface area contributed by atoms with Crippen molar-refractivity contribution in [3.63, 3.8) is 0 Å². The van der Waals surface area contributed by atoms with Crippen LogP contribution in [0, 0.1) is 0 Å². The summed E-state index contributed by atoms with van der Waals surface area (Å²) in [6.45, 7) is 0. The maximum atomic E-state index is 11.4. The van der Waals surface area contributed by atoms with E-state index in [0.29, 0.717) is 28.2 Å². The fourth-order valence-electron chi connectivity index (χ4n) is 2.18. The predicted molar refractivity (Wildman–Crippen MR) is 79.0 cm³/mol. The molecule has 3 rings (SSSR count). The molecule has 2 aromatic carbocycles. The molecule has 0 saturated carbocycles. The summed E-state index contributed by atoms with van der Waals surface area (Å²) in [5.41, 5.74) is 3.97. The van der Waals surface area contributed by atoms with E-state index in [2.05, 4.69) is 9.97 Å². The predicted octanol–water partition coefficient (Wildman–Crippen LogP) is 2.06. The van der Waals surface area contributed by atoms with Gasteiger partial charge in [0.2, 0.25) is 0 Å². The molecule has 0 spiro atoms. The first-order valence-corrected chi connectivity index (χ1v) is 6.44. The van der Waals surface area contributed by atoms with Crippen molar-refractivity contribution in [1.82, 2.24) is 15.4 Å². The molecule has 0 aliphatic carbocycles. The highest BCUT2D eigenvalue weighted by molar-refractivity contribution is 5.97. The van der Waals surface area contributed by atoms with Crippen LogP contribution >= 0.6 is 0 Å². The molecule has 0 fully saturated rings. The Morgan fingerprint density at radius 1 is 1.27 bits per heavy atom. The van der Waals surface area contributed by atoms with Crippen molar-refractivity contribution < 1.29 is 19.8 Å². The van der Waals surface area contributed by atoms with E-state index in [1.54, 1.807) is 35.8 Å². The van der Waals surface area contributed by atoms with E-state index < -0.39 is 5.91 Å². The fraction of sp³-hybridized carbons (Fsp3) is 0.0667. The molecule has 0 bridgehead atoms. The fourth-order valence-corrected chi connectivity index (χ4v) is 2.18. The number of hydroxylamine groups is 1. The first-order chi connectivity index (χ1) is 10.6. The second kappa shape index (κ2) is 5.38. The Kier molecular flexibility index (Phi) is 3.40. The van der Waals surface area contributed by atoms with Gasteiger partial charge >= 0.3 is 0 Å². The Labute approximate surface area is 125 Å². The zero-order chi connectivity index (χ0) is 15.7. The summed E-state index contributed by atoms with van der Waals surface area (Å²) in [5.74, 6) is 0.377. The number of aromatic nitrogens is 2. The molecule has 4 N–H and O–H groups in total. The molecule has 1 heterocycles. The lowest BCUT2D eigenvalue weighted by atomic mass is 10.2. The van der Waals surface area contributed by atoms with E-state index in [4.69, 9.17) is 9.94 Å². The van der Waals surface area contributed by atoms with Crippen LogP contribution in [-0.2, 0) is 0 Å². The lowest BCUT2D eigenvalue weighted by Crippen LogP contribution is -2.18. The quantitative estimate of drug-likeness (QED) is 0.437. The molecule has 1 amide bonds. The number of hydrogen-bond acceptors (Lipinski definition) is 5. The van der Waals surface area contributed by atoms with Gasteiger partial charge in [-0.25, -0.2) is 10.5 Å². The average molecular weight is 299 g/mol. The van der Waals surface area contributed by atoms with Crippen LogP contribution in [0.25, 0.3) is 22.4 Å². The van der Waals surface area contributed by atoms with Gasteiger partial charge in [-0.2, -0.15) is 0 Å². The Hall–Kier alpha value is -3.06. The van der Waals surface area contributed by atoms with E-state index in [1.165, 1.54) is 13.2 Å². The third-order valence-electron chi connectivity index (χ3n) is 3.30. The van der Waals surface area contributed by atoms with Crippen molar-refractivity contribution in [2.24, 2.45) is 0 Å². The number of amides is 1. The number of rotatable bonds is 3. The first-order valence-electron chi connectivity index (χ1n) is 6.44. The Morgan fingerprint density at radius 3 is 2.82 bits per heavy atom. The molecule has 112 valence electrons. The molecule has 3 aromatic rings. The highest BCUT2D eigenvalue weighted by atomic mass is 16.5. The van der Waals surface area contributed by atoms with Crippen LogP contribution in [-0.4, -0.2) is 33.3 Å². The van der Waals surface area contributed by atoms with E-state index in [9.17, 15) is 9.90 Å². The van der Waals surface area contributed by atoms with Crippen molar-refractivity contribution in [1.29, 1.82) is 0 Å². The van der Waals surface area contributed by atoms with Gasteiger partial charge in [0, 0.05) is 11.1 Å². The zero-order valence-corrected chi connectivity index (χ0v) is 11.6. The second-order valence-electron chi connectivity index (χ2n) is 4.64. The number of H-pyrrole nitrogens is 1. The van der Waals surface area contributed by atoms with Crippen molar-refractivity contribution in [3.8, 4) is 22.9 Å². The molecule has 0 unspecified atom stereocenters. The number of phenols is 1. The van der Waals surface area contributed by atoms with Gasteiger partial charge in [0.25, 0.3) is 5.91 Å². The minimum absolute atomic E-state index is 0.0456. The minimum atomic E-state index is -0.593. The first kappa shape index (κ1) is 13.9. The standard InChI is InChI=1S/C15H13N3O4/c1-22-13-7-8(3-5-12(13)19)14-16-10-4-2-9(15(20)18-21)6-11(10)17-14/h2-7,19,21H,1H3,(H,16,17)(H,18,20). The molecule has 7 heteroatoms. The number of methoxy groups -OCH3 is 1. The van der Waals surface area contributed by atoms with E-state index in [1.807, 2.05) is 0 Å². The van der Waals surface area contributed by atoms with Crippen LogP contribution in [0.5, 0.6) is 11.5 Å². The number of ether oxygens (including phenoxy) is 1. The number of hydrogen-bond donors (Lipinski definition) is 4.